The number of fused-ring (bicyclic) bond motifs is 1. The van der Waals surface area contributed by atoms with Crippen molar-refractivity contribution in [3.8, 4) is 0 Å². The third kappa shape index (κ3) is 2.88. The van der Waals surface area contributed by atoms with Crippen molar-refractivity contribution < 1.29 is 19.2 Å². The second kappa shape index (κ2) is 6.85. The molecule has 1 atom stereocenters. The van der Waals surface area contributed by atoms with Gasteiger partial charge in [0.2, 0.25) is 11.8 Å². The van der Waals surface area contributed by atoms with E-state index in [2.05, 4.69) is 14.2 Å². The molecule has 0 aliphatic carbocycles. The first-order chi connectivity index (χ1) is 11.5. The fourth-order valence-electron chi connectivity index (χ4n) is 2.91. The van der Waals surface area contributed by atoms with E-state index in [1.807, 2.05) is 22.9 Å². The summed E-state index contributed by atoms with van der Waals surface area (Å²) in [7, 11) is 0. The molecule has 2 aliphatic rings. The summed E-state index contributed by atoms with van der Waals surface area (Å²) in [4.78, 5) is 49.7. The van der Waals surface area contributed by atoms with E-state index in [1.165, 1.54) is 0 Å². The van der Waals surface area contributed by atoms with Gasteiger partial charge < -0.3 is 5.32 Å². The predicted octanol–water partition coefficient (Wildman–Crippen LogP) is 0.439. The molecule has 1 aromatic rings. The number of hydrogen-bond acceptors (Lipinski definition) is 6. The molecule has 1 saturated heterocycles. The minimum atomic E-state index is -0.945. The third-order valence-electron chi connectivity index (χ3n) is 4.00. The summed E-state index contributed by atoms with van der Waals surface area (Å²) in [6, 6.07) is 4.05. The Balaban J connectivity index is 1.89. The number of nitrogens with one attached hydrogen (secondary N) is 3. The zero-order chi connectivity index (χ0) is 17.3. The van der Waals surface area contributed by atoms with E-state index in [0.717, 1.165) is 4.90 Å². The summed E-state index contributed by atoms with van der Waals surface area (Å²) >= 11 is 2.02. The molecule has 0 radical (unpaired) electrons. The van der Waals surface area contributed by atoms with Crippen LogP contribution in [0.15, 0.2) is 18.2 Å². The number of nitrogens with zero attached hydrogens (tertiary/aromatic N) is 1. The monoisotopic (exact) mass is 442 g/mol. The van der Waals surface area contributed by atoms with Gasteiger partial charge in [-0.15, -0.1) is 0 Å². The Morgan fingerprint density at radius 1 is 1.17 bits per heavy atom. The van der Waals surface area contributed by atoms with Crippen molar-refractivity contribution in [1.82, 2.24) is 13.7 Å². The molecule has 1 unspecified atom stereocenters. The van der Waals surface area contributed by atoms with E-state index in [9.17, 15) is 19.2 Å². The molecule has 126 valence electrons. The van der Waals surface area contributed by atoms with Crippen LogP contribution in [0.4, 0.5) is 5.69 Å². The van der Waals surface area contributed by atoms with E-state index in [-0.39, 0.29) is 29.9 Å². The van der Waals surface area contributed by atoms with Gasteiger partial charge in [-0.05, 0) is 18.6 Å². The van der Waals surface area contributed by atoms with Crippen molar-refractivity contribution in [2.75, 3.05) is 18.4 Å². The largest absolute Gasteiger partial charge is 0.383 e. The van der Waals surface area contributed by atoms with Crippen LogP contribution < -0.4 is 14.2 Å². The number of piperidine rings is 1. The molecule has 1 aromatic carbocycles. The van der Waals surface area contributed by atoms with Gasteiger partial charge in [0, 0.05) is 48.1 Å². The van der Waals surface area contributed by atoms with Crippen molar-refractivity contribution in [2.45, 2.75) is 18.9 Å². The van der Waals surface area contributed by atoms with Gasteiger partial charge in [-0.2, -0.15) is 0 Å². The first-order valence-electron chi connectivity index (χ1n) is 7.46. The maximum absolute atomic E-state index is 12.8. The molecule has 2 aliphatic heterocycles. The van der Waals surface area contributed by atoms with E-state index >= 15 is 0 Å². The number of anilines is 1. The average Bonchev–Trinajstić information content (AvgIpc) is 2.81. The first-order valence-corrected chi connectivity index (χ1v) is 8.54. The Bertz CT molecular complexity index is 736. The van der Waals surface area contributed by atoms with Gasteiger partial charge in [-0.25, -0.2) is 0 Å². The van der Waals surface area contributed by atoms with E-state index in [4.69, 9.17) is 0 Å². The van der Waals surface area contributed by atoms with Crippen LogP contribution in [-0.4, -0.2) is 47.7 Å². The summed E-state index contributed by atoms with van der Waals surface area (Å²) in [5.41, 5.74) is 1.12. The lowest BCUT2D eigenvalue weighted by atomic mass is 10.0. The quantitative estimate of drug-likeness (QED) is 0.265. The Hall–Kier alpha value is -2.01. The van der Waals surface area contributed by atoms with Crippen molar-refractivity contribution in [1.29, 1.82) is 0 Å². The van der Waals surface area contributed by atoms with Crippen LogP contribution in [0.2, 0.25) is 0 Å². The SMILES string of the molecule is O=C1CCC(N2C(=O)c3cccc(NCCNI)c3C2=O)C(=O)N1. The molecule has 24 heavy (non-hydrogen) atoms. The van der Waals surface area contributed by atoms with E-state index in [1.54, 1.807) is 18.2 Å². The molecule has 2 heterocycles. The normalized spacial score (nSPS) is 20.2. The Kier molecular flexibility index (Phi) is 4.81. The second-order valence-electron chi connectivity index (χ2n) is 5.49. The molecule has 0 saturated carbocycles. The summed E-state index contributed by atoms with van der Waals surface area (Å²) in [5, 5.41) is 5.30. The van der Waals surface area contributed by atoms with Crippen LogP contribution in [0.1, 0.15) is 33.6 Å². The third-order valence-corrected chi connectivity index (χ3v) is 4.54. The van der Waals surface area contributed by atoms with Gasteiger partial charge >= 0.3 is 0 Å². The van der Waals surface area contributed by atoms with Crippen molar-refractivity contribution >= 4 is 52.2 Å². The number of imide groups is 2. The lowest BCUT2D eigenvalue weighted by molar-refractivity contribution is -0.136. The zero-order valence-corrected chi connectivity index (χ0v) is 14.8. The van der Waals surface area contributed by atoms with Crippen LogP contribution >= 0.6 is 22.9 Å². The minimum absolute atomic E-state index is 0.107. The van der Waals surface area contributed by atoms with Gasteiger partial charge in [-0.1, -0.05) is 6.07 Å². The maximum Gasteiger partial charge on any atom is 0.264 e. The Labute approximate surface area is 151 Å². The van der Waals surface area contributed by atoms with Crippen molar-refractivity contribution in [2.24, 2.45) is 0 Å². The molecule has 4 amide bonds. The summed E-state index contributed by atoms with van der Waals surface area (Å²) in [6.45, 7) is 1.27. The Morgan fingerprint density at radius 2 is 1.96 bits per heavy atom. The second-order valence-corrected chi connectivity index (χ2v) is 6.25. The summed E-state index contributed by atoms with van der Waals surface area (Å²) in [5.74, 6) is -2.00. The van der Waals surface area contributed by atoms with Gasteiger partial charge in [0.25, 0.3) is 11.8 Å². The van der Waals surface area contributed by atoms with Gasteiger partial charge in [0.1, 0.15) is 6.04 Å². The number of hydrogen-bond donors (Lipinski definition) is 3. The lowest BCUT2D eigenvalue weighted by Crippen LogP contribution is -2.54. The molecule has 0 bridgehead atoms. The highest BCUT2D eigenvalue weighted by Crippen LogP contribution is 2.32. The number of rotatable bonds is 5. The van der Waals surface area contributed by atoms with Crippen LogP contribution in [0.25, 0.3) is 0 Å². The minimum Gasteiger partial charge on any atom is -0.383 e. The van der Waals surface area contributed by atoms with Crippen LogP contribution in [-0.2, 0) is 9.59 Å². The van der Waals surface area contributed by atoms with Crippen LogP contribution in [0, 0.1) is 0 Å². The fourth-order valence-corrected chi connectivity index (χ4v) is 3.18. The number of amides is 4. The standard InChI is InChI=1S/C15H15IN4O4/c16-18-7-6-17-9-3-1-2-8-12(9)15(24)20(14(8)23)10-4-5-11(21)19-13(10)22/h1-3,10,17-18H,4-7H2,(H,19,21,22). The predicted molar refractivity (Wildman–Crippen MR) is 93.6 cm³/mol. The molecule has 8 nitrogen and oxygen atoms in total. The summed E-state index contributed by atoms with van der Waals surface area (Å²) in [6.07, 6.45) is 0.258. The molecule has 1 fully saturated rings. The van der Waals surface area contributed by atoms with Gasteiger partial charge in [0.15, 0.2) is 0 Å². The van der Waals surface area contributed by atoms with Crippen LogP contribution in [0.3, 0.4) is 0 Å². The number of carbonyl (C=O) groups excluding carboxylic acids is 4. The number of benzene rings is 1. The molecular formula is C15H15IN4O4. The van der Waals surface area contributed by atoms with Gasteiger partial charge in [0.05, 0.1) is 11.1 Å². The van der Waals surface area contributed by atoms with E-state index in [0.29, 0.717) is 18.8 Å². The van der Waals surface area contributed by atoms with Crippen molar-refractivity contribution in [3.05, 3.63) is 29.3 Å². The first kappa shape index (κ1) is 16.8. The Morgan fingerprint density at radius 3 is 2.67 bits per heavy atom. The molecule has 3 rings (SSSR count). The van der Waals surface area contributed by atoms with Gasteiger partial charge in [-0.3, -0.25) is 32.9 Å². The average molecular weight is 442 g/mol. The van der Waals surface area contributed by atoms with Crippen LogP contribution in [0.5, 0.6) is 0 Å². The van der Waals surface area contributed by atoms with E-state index < -0.39 is 23.8 Å². The molecule has 3 N–H and O–H groups in total. The molecule has 0 spiro atoms. The lowest BCUT2D eigenvalue weighted by Gasteiger charge is -2.27. The zero-order valence-electron chi connectivity index (χ0n) is 12.6. The molecular weight excluding hydrogens is 427 g/mol. The number of halogens is 1. The topological polar surface area (TPSA) is 108 Å². The summed E-state index contributed by atoms with van der Waals surface area (Å²) < 4.78 is 2.96. The molecule has 0 aromatic heterocycles. The fraction of sp³-hybridized carbons (Fsp3) is 0.333. The highest BCUT2D eigenvalue weighted by atomic mass is 127. The number of carbonyl (C=O) groups is 4. The smallest absolute Gasteiger partial charge is 0.264 e. The highest BCUT2D eigenvalue weighted by molar-refractivity contribution is 14.1. The maximum atomic E-state index is 12.8. The van der Waals surface area contributed by atoms with Crippen molar-refractivity contribution in [3.63, 3.8) is 0 Å². The highest BCUT2D eigenvalue weighted by Gasteiger charge is 2.45. The molecule has 9 heteroatoms.